The number of allylic oxidation sites excluding steroid dienone is 2. The number of aromatic amines is 2. The number of rotatable bonds is 6. The van der Waals surface area contributed by atoms with Crippen molar-refractivity contribution in [2.24, 2.45) is 0 Å². The van der Waals surface area contributed by atoms with Crippen LogP contribution >= 0.6 is 0 Å². The van der Waals surface area contributed by atoms with E-state index in [1.807, 2.05) is 53.7 Å². The van der Waals surface area contributed by atoms with Crippen LogP contribution in [0.3, 0.4) is 0 Å². The average molecular weight is 627 g/mol. The van der Waals surface area contributed by atoms with E-state index in [0.717, 1.165) is 72.2 Å². The maximum absolute atomic E-state index is 12.8. The van der Waals surface area contributed by atoms with E-state index in [-0.39, 0.29) is 24.3 Å². The SMILES string of the molecule is CC(C)(C)OC(=O)N1CCC[C@H]1c1nc2ccc(CC=CCc3ccc4nc([C@@H]5CCCN5C(=O)OC(C)(C)C)[nH]c4c3)cc2[nH]1. The third-order valence-corrected chi connectivity index (χ3v) is 8.40. The Balaban J connectivity index is 1.07. The lowest BCUT2D eigenvalue weighted by atomic mass is 10.1. The van der Waals surface area contributed by atoms with Crippen LogP contribution in [0.1, 0.15) is 102 Å². The number of hydrogen-bond acceptors (Lipinski definition) is 6. The van der Waals surface area contributed by atoms with Crippen molar-refractivity contribution in [2.75, 3.05) is 13.1 Å². The Labute approximate surface area is 270 Å². The molecule has 244 valence electrons. The van der Waals surface area contributed by atoms with E-state index in [1.165, 1.54) is 11.1 Å². The van der Waals surface area contributed by atoms with Crippen molar-refractivity contribution in [3.05, 3.63) is 71.3 Å². The van der Waals surface area contributed by atoms with Gasteiger partial charge >= 0.3 is 12.2 Å². The van der Waals surface area contributed by atoms with Gasteiger partial charge in [-0.2, -0.15) is 0 Å². The highest BCUT2D eigenvalue weighted by Crippen LogP contribution is 2.34. The Morgan fingerprint density at radius 1 is 0.739 bits per heavy atom. The first kappa shape index (κ1) is 31.6. The topological polar surface area (TPSA) is 116 Å². The minimum atomic E-state index is -0.530. The Morgan fingerprint density at radius 2 is 1.15 bits per heavy atom. The molecule has 0 radical (unpaired) electrons. The number of aromatic nitrogens is 4. The zero-order chi connectivity index (χ0) is 32.6. The molecule has 4 aromatic rings. The number of benzene rings is 2. The minimum Gasteiger partial charge on any atom is -0.444 e. The number of carbonyl (C=O) groups is 2. The van der Waals surface area contributed by atoms with Crippen LogP contribution in [0.2, 0.25) is 0 Å². The molecule has 4 heterocycles. The molecule has 10 nitrogen and oxygen atoms in total. The molecule has 2 saturated heterocycles. The van der Waals surface area contributed by atoms with Gasteiger partial charge in [0, 0.05) is 13.1 Å². The monoisotopic (exact) mass is 626 g/mol. The molecule has 2 aliphatic rings. The lowest BCUT2D eigenvalue weighted by molar-refractivity contribution is 0.0208. The van der Waals surface area contributed by atoms with Crippen LogP contribution in [-0.4, -0.2) is 66.2 Å². The highest BCUT2D eigenvalue weighted by atomic mass is 16.6. The lowest BCUT2D eigenvalue weighted by Crippen LogP contribution is -2.36. The summed E-state index contributed by atoms with van der Waals surface area (Å²) in [7, 11) is 0. The quantitative estimate of drug-likeness (QED) is 0.210. The molecule has 2 aliphatic heterocycles. The van der Waals surface area contributed by atoms with Crippen molar-refractivity contribution in [1.29, 1.82) is 0 Å². The summed E-state index contributed by atoms with van der Waals surface area (Å²) in [6.07, 6.45) is 9.01. The van der Waals surface area contributed by atoms with Crippen LogP contribution in [0, 0.1) is 0 Å². The molecule has 6 rings (SSSR count). The standard InChI is InChI=1S/C36H46N6O4/c1-35(2,3)45-33(43)41-19-9-13-29(41)31-37-25-17-15-23(21-27(25)39-31)11-7-8-12-24-16-18-26-28(22-24)40-32(38-26)30-14-10-20-42(30)34(44)46-36(4,5)6/h7-8,15-18,21-22,29-30H,9-14,19-20H2,1-6H3,(H,37,39)(H,38,40)/t29-,30-/m0/s1. The summed E-state index contributed by atoms with van der Waals surface area (Å²) < 4.78 is 11.3. The molecular weight excluding hydrogens is 580 g/mol. The van der Waals surface area contributed by atoms with Crippen molar-refractivity contribution in [2.45, 2.75) is 103 Å². The summed E-state index contributed by atoms with van der Waals surface area (Å²) in [5.41, 5.74) is 5.07. The van der Waals surface area contributed by atoms with Gasteiger partial charge in [-0.1, -0.05) is 24.3 Å². The van der Waals surface area contributed by atoms with Gasteiger partial charge < -0.3 is 19.4 Å². The molecule has 10 heteroatoms. The number of nitrogens with zero attached hydrogens (tertiary/aromatic N) is 4. The van der Waals surface area contributed by atoms with Gasteiger partial charge in [-0.15, -0.1) is 0 Å². The van der Waals surface area contributed by atoms with Gasteiger partial charge in [-0.25, -0.2) is 19.6 Å². The van der Waals surface area contributed by atoms with Gasteiger partial charge in [0.25, 0.3) is 0 Å². The minimum absolute atomic E-state index is 0.101. The molecule has 0 unspecified atom stereocenters. The van der Waals surface area contributed by atoms with Crippen LogP contribution in [0.15, 0.2) is 48.6 Å². The first-order valence-corrected chi connectivity index (χ1v) is 16.4. The Bertz CT molecular complexity index is 1630. The van der Waals surface area contributed by atoms with Crippen LogP contribution in [0.4, 0.5) is 9.59 Å². The number of hydrogen-bond donors (Lipinski definition) is 2. The number of imidazole rings is 2. The van der Waals surface area contributed by atoms with Crippen molar-refractivity contribution >= 4 is 34.3 Å². The molecular formula is C36H46N6O4. The lowest BCUT2D eigenvalue weighted by Gasteiger charge is -2.27. The van der Waals surface area contributed by atoms with Crippen LogP contribution in [0.25, 0.3) is 22.1 Å². The molecule has 2 aromatic carbocycles. The summed E-state index contributed by atoms with van der Waals surface area (Å²) in [6.45, 7) is 12.7. The summed E-state index contributed by atoms with van der Waals surface area (Å²) in [5.74, 6) is 1.63. The van der Waals surface area contributed by atoms with Crippen LogP contribution in [-0.2, 0) is 22.3 Å². The third-order valence-electron chi connectivity index (χ3n) is 8.40. The Hall–Kier alpha value is -4.34. The zero-order valence-corrected chi connectivity index (χ0v) is 27.9. The number of nitrogens with one attached hydrogen (secondary N) is 2. The molecule has 46 heavy (non-hydrogen) atoms. The molecule has 0 saturated carbocycles. The maximum Gasteiger partial charge on any atom is 0.410 e. The van der Waals surface area contributed by atoms with Gasteiger partial charge in [-0.05, 0) is 115 Å². The Morgan fingerprint density at radius 3 is 1.54 bits per heavy atom. The van der Waals surface area contributed by atoms with E-state index in [4.69, 9.17) is 19.4 Å². The highest BCUT2D eigenvalue weighted by Gasteiger charge is 2.36. The van der Waals surface area contributed by atoms with Crippen molar-refractivity contribution in [3.63, 3.8) is 0 Å². The maximum atomic E-state index is 12.8. The number of amides is 2. The smallest absolute Gasteiger partial charge is 0.410 e. The van der Waals surface area contributed by atoms with E-state index < -0.39 is 11.2 Å². The number of carbonyl (C=O) groups excluding carboxylic acids is 2. The van der Waals surface area contributed by atoms with Crippen LogP contribution < -0.4 is 0 Å². The molecule has 2 amide bonds. The predicted molar refractivity (Wildman–Crippen MR) is 179 cm³/mol. The fourth-order valence-electron chi connectivity index (χ4n) is 6.34. The van der Waals surface area contributed by atoms with Gasteiger partial charge in [0.2, 0.25) is 0 Å². The average Bonchev–Trinajstić information content (AvgIpc) is 3.77. The van der Waals surface area contributed by atoms with E-state index in [1.54, 1.807) is 9.80 Å². The third kappa shape index (κ3) is 7.21. The molecule has 0 aliphatic carbocycles. The van der Waals surface area contributed by atoms with E-state index in [2.05, 4.69) is 46.4 Å². The summed E-state index contributed by atoms with van der Waals surface area (Å²) in [6, 6.07) is 12.4. The Kier molecular flexibility index (Phi) is 8.56. The molecule has 2 aromatic heterocycles. The van der Waals surface area contributed by atoms with Gasteiger partial charge in [0.15, 0.2) is 0 Å². The molecule has 2 atom stereocenters. The second-order valence-electron chi connectivity index (χ2n) is 14.5. The molecule has 2 fully saturated rings. The number of fused-ring (bicyclic) bond motifs is 2. The van der Waals surface area contributed by atoms with E-state index in [0.29, 0.717) is 13.1 Å². The first-order chi connectivity index (χ1) is 21.8. The zero-order valence-electron chi connectivity index (χ0n) is 27.9. The van der Waals surface area contributed by atoms with Gasteiger partial charge in [0.1, 0.15) is 22.9 Å². The van der Waals surface area contributed by atoms with Crippen molar-refractivity contribution in [3.8, 4) is 0 Å². The molecule has 0 spiro atoms. The van der Waals surface area contributed by atoms with Crippen molar-refractivity contribution < 1.29 is 19.1 Å². The largest absolute Gasteiger partial charge is 0.444 e. The molecule has 2 N–H and O–H groups in total. The normalized spacial score (nSPS) is 19.2. The highest BCUT2D eigenvalue weighted by molar-refractivity contribution is 5.77. The number of likely N-dealkylation sites (tertiary alicyclic amines) is 2. The van der Waals surface area contributed by atoms with Gasteiger partial charge in [0.05, 0.1) is 34.2 Å². The van der Waals surface area contributed by atoms with E-state index in [9.17, 15) is 9.59 Å². The van der Waals surface area contributed by atoms with E-state index >= 15 is 0 Å². The van der Waals surface area contributed by atoms with Crippen LogP contribution in [0.5, 0.6) is 0 Å². The first-order valence-electron chi connectivity index (χ1n) is 16.4. The van der Waals surface area contributed by atoms with Gasteiger partial charge in [-0.3, -0.25) is 9.80 Å². The number of H-pyrrole nitrogens is 2. The summed E-state index contributed by atoms with van der Waals surface area (Å²) >= 11 is 0. The second-order valence-corrected chi connectivity index (χ2v) is 14.5. The fraction of sp³-hybridized carbons (Fsp3) is 0.500. The number of ether oxygens (including phenoxy) is 2. The van der Waals surface area contributed by atoms with Crippen molar-refractivity contribution in [1.82, 2.24) is 29.7 Å². The molecule has 0 bridgehead atoms. The second kappa shape index (κ2) is 12.5. The predicted octanol–water partition coefficient (Wildman–Crippen LogP) is 7.92. The summed E-state index contributed by atoms with van der Waals surface area (Å²) in [5, 5.41) is 0. The summed E-state index contributed by atoms with van der Waals surface area (Å²) in [4.78, 5) is 45.8. The fourth-order valence-corrected chi connectivity index (χ4v) is 6.34.